The predicted octanol–water partition coefficient (Wildman–Crippen LogP) is 6.08. The van der Waals surface area contributed by atoms with Crippen molar-refractivity contribution in [3.63, 3.8) is 0 Å². The number of amides is 2. The van der Waals surface area contributed by atoms with E-state index in [1.165, 1.54) is 7.11 Å². The van der Waals surface area contributed by atoms with E-state index in [9.17, 15) is 18.4 Å². The highest BCUT2D eigenvalue weighted by atomic mass is 19.3. The highest BCUT2D eigenvalue weighted by molar-refractivity contribution is 6.05. The number of nitrogens with zero attached hydrogens (tertiary/aromatic N) is 3. The molecule has 8 rings (SSSR count). The van der Waals surface area contributed by atoms with Crippen LogP contribution in [0.3, 0.4) is 0 Å². The van der Waals surface area contributed by atoms with Gasteiger partial charge in [-0.05, 0) is 76.9 Å². The summed E-state index contributed by atoms with van der Waals surface area (Å²) in [7, 11) is 1.30. The van der Waals surface area contributed by atoms with E-state index < -0.39 is 18.7 Å². The van der Waals surface area contributed by atoms with E-state index >= 15 is 0 Å². The van der Waals surface area contributed by atoms with Crippen molar-refractivity contribution in [2.45, 2.75) is 69.9 Å². The predicted molar refractivity (Wildman–Crippen MR) is 195 cm³/mol. The van der Waals surface area contributed by atoms with Crippen LogP contribution in [0.5, 0.6) is 0 Å². The number of halogens is 2. The van der Waals surface area contributed by atoms with Gasteiger partial charge in [0.25, 0.3) is 0 Å². The third-order valence-corrected chi connectivity index (χ3v) is 10.9. The van der Waals surface area contributed by atoms with Crippen LogP contribution in [0, 0.1) is 11.8 Å². The number of aliphatic imine (C=N–C) groups is 1. The highest BCUT2D eigenvalue weighted by Gasteiger charge is 2.42. The SMILES string of the molecule is COC(=O)N[C@H](C(=O)N1CCC[C@H]1C1=NC2c3ccc(-c4ccc5c(ccc6[nH]c([C@@H]7C[C@H](COC(F)F)CN7)nc65)c4)cc3C=CC2N1)C(C)C. The minimum Gasteiger partial charge on any atom is -0.453 e. The number of ether oxygens (including phenoxy) is 2. The fourth-order valence-electron chi connectivity index (χ4n) is 8.20. The van der Waals surface area contributed by atoms with Gasteiger partial charge in [-0.1, -0.05) is 56.3 Å². The summed E-state index contributed by atoms with van der Waals surface area (Å²) in [4.78, 5) is 41.1. The molecule has 0 spiro atoms. The molecule has 52 heavy (non-hydrogen) atoms. The number of hydrogen-bond acceptors (Lipinski definition) is 8. The Morgan fingerprint density at radius 1 is 1.10 bits per heavy atom. The maximum atomic E-state index is 13.7. The maximum absolute atomic E-state index is 13.7. The number of fused-ring (bicyclic) bond motifs is 6. The molecule has 3 aliphatic heterocycles. The largest absolute Gasteiger partial charge is 0.453 e. The Morgan fingerprint density at radius 3 is 2.73 bits per heavy atom. The molecule has 0 radical (unpaired) electrons. The number of alkyl halides is 2. The number of H-pyrrole nitrogens is 1. The van der Waals surface area contributed by atoms with Crippen molar-refractivity contribution in [3.8, 4) is 11.1 Å². The Hall–Kier alpha value is -4.88. The van der Waals surface area contributed by atoms with Gasteiger partial charge >= 0.3 is 12.7 Å². The molecule has 0 saturated carbocycles. The quantitative estimate of drug-likeness (QED) is 0.165. The van der Waals surface area contributed by atoms with Crippen LogP contribution in [0.25, 0.3) is 39.0 Å². The first-order valence-electron chi connectivity index (χ1n) is 18.0. The van der Waals surface area contributed by atoms with Gasteiger partial charge in [0.1, 0.15) is 23.7 Å². The fourth-order valence-corrected chi connectivity index (χ4v) is 8.20. The molecule has 4 aliphatic rings. The topological polar surface area (TPSA) is 133 Å². The molecule has 1 aliphatic carbocycles. The van der Waals surface area contributed by atoms with Gasteiger partial charge in [-0.15, -0.1) is 0 Å². The summed E-state index contributed by atoms with van der Waals surface area (Å²) in [5.74, 6) is 1.41. The number of benzene rings is 3. The summed E-state index contributed by atoms with van der Waals surface area (Å²) in [5.41, 5.74) is 6.26. The molecule has 3 aromatic carbocycles. The molecule has 4 N–H and O–H groups in total. The number of imidazole rings is 1. The summed E-state index contributed by atoms with van der Waals surface area (Å²) in [5, 5.41) is 11.8. The second kappa shape index (κ2) is 13.9. The van der Waals surface area contributed by atoms with Gasteiger partial charge < -0.3 is 35.3 Å². The smallest absolute Gasteiger partial charge is 0.407 e. The van der Waals surface area contributed by atoms with Gasteiger partial charge in [0.2, 0.25) is 5.91 Å². The van der Waals surface area contributed by atoms with E-state index in [1.54, 1.807) is 0 Å². The third-order valence-electron chi connectivity index (χ3n) is 10.9. The monoisotopic (exact) mass is 711 g/mol. The van der Waals surface area contributed by atoms with Gasteiger partial charge in [0.15, 0.2) is 0 Å². The molecule has 6 atom stereocenters. The zero-order chi connectivity index (χ0) is 36.1. The second-order valence-electron chi connectivity index (χ2n) is 14.6. The van der Waals surface area contributed by atoms with Crippen LogP contribution < -0.4 is 16.0 Å². The van der Waals surface area contributed by atoms with Crippen molar-refractivity contribution in [2.75, 3.05) is 26.8 Å². The van der Waals surface area contributed by atoms with Crippen LogP contribution >= 0.6 is 0 Å². The second-order valence-corrected chi connectivity index (χ2v) is 14.6. The molecule has 272 valence electrons. The van der Waals surface area contributed by atoms with Gasteiger partial charge in [-0.2, -0.15) is 8.78 Å². The van der Waals surface area contributed by atoms with E-state index in [1.807, 2.05) is 24.8 Å². The number of carbonyl (C=O) groups excluding carboxylic acids is 2. The summed E-state index contributed by atoms with van der Waals surface area (Å²) >= 11 is 0. The zero-order valence-electron chi connectivity index (χ0n) is 29.4. The number of amidine groups is 1. The molecule has 2 fully saturated rings. The molecule has 4 aromatic rings. The number of aromatic amines is 1. The first-order chi connectivity index (χ1) is 25.2. The van der Waals surface area contributed by atoms with Gasteiger partial charge in [0, 0.05) is 18.5 Å². The van der Waals surface area contributed by atoms with Crippen LogP contribution in [-0.2, 0) is 14.3 Å². The van der Waals surface area contributed by atoms with E-state index in [4.69, 9.17) is 14.7 Å². The highest BCUT2D eigenvalue weighted by Crippen LogP contribution is 2.39. The van der Waals surface area contributed by atoms with E-state index in [0.717, 1.165) is 68.6 Å². The molecule has 0 bridgehead atoms. The number of carbonyl (C=O) groups is 2. The van der Waals surface area contributed by atoms with Gasteiger partial charge in [0.05, 0.1) is 42.9 Å². The first kappa shape index (κ1) is 34.2. The minimum atomic E-state index is -2.75. The van der Waals surface area contributed by atoms with E-state index in [-0.39, 0.29) is 48.5 Å². The Kier molecular flexibility index (Phi) is 9.16. The molecule has 1 aromatic heterocycles. The average Bonchev–Trinajstić information content (AvgIpc) is 3.97. The molecule has 4 heterocycles. The molecule has 2 amide bonds. The molecule has 11 nitrogen and oxygen atoms in total. The Morgan fingerprint density at radius 2 is 1.92 bits per heavy atom. The van der Waals surface area contributed by atoms with E-state index in [0.29, 0.717) is 19.5 Å². The van der Waals surface area contributed by atoms with Crippen molar-refractivity contribution in [2.24, 2.45) is 16.8 Å². The molecule has 13 heteroatoms. The number of likely N-dealkylation sites (tertiary alicyclic amines) is 1. The number of hydrogen-bond donors (Lipinski definition) is 4. The van der Waals surface area contributed by atoms with Crippen molar-refractivity contribution in [3.05, 3.63) is 71.6 Å². The standard InChI is InChI=1S/C39H43F2N7O4/c1-20(2)32(47-39(50)51-3)37(49)48-14-4-5-31(48)36-44-29-13-9-25-17-23(7-11-27(25)34(29)46-36)22-6-10-26-24(16-22)8-12-28-33(26)45-35(43-28)30-15-21(18-42-30)19-52-38(40)41/h6-13,16-17,20-21,29-32,34,38,42H,4-5,14-15,18-19H2,1-3H3,(H,43,45)(H,44,46)(H,47,50)/t21-,29?,30-,31-,32-,34?/m0/s1. The minimum absolute atomic E-state index is 0.00176. The number of aromatic nitrogens is 2. The van der Waals surface area contributed by atoms with Crippen molar-refractivity contribution < 1.29 is 27.8 Å². The van der Waals surface area contributed by atoms with Crippen LogP contribution in [0.1, 0.15) is 62.1 Å². The van der Waals surface area contributed by atoms with Crippen LogP contribution in [0.4, 0.5) is 13.6 Å². The molecular formula is C39H43F2N7O4. The molecular weight excluding hydrogens is 668 g/mol. The lowest BCUT2D eigenvalue weighted by atomic mass is 9.88. The Bertz CT molecular complexity index is 2080. The molecule has 2 saturated heterocycles. The van der Waals surface area contributed by atoms with Crippen molar-refractivity contribution in [1.29, 1.82) is 0 Å². The van der Waals surface area contributed by atoms with Crippen molar-refractivity contribution in [1.82, 2.24) is 30.8 Å². The van der Waals surface area contributed by atoms with Crippen LogP contribution in [0.15, 0.2) is 59.6 Å². The van der Waals surface area contributed by atoms with E-state index in [2.05, 4.69) is 80.3 Å². The first-order valence-corrected chi connectivity index (χ1v) is 18.0. The summed E-state index contributed by atoms with van der Waals surface area (Å²) in [6.45, 7) is 2.32. The Balaban J connectivity index is 1.00. The summed E-state index contributed by atoms with van der Waals surface area (Å²) < 4.78 is 34.4. The number of nitrogens with one attached hydrogen (secondary N) is 4. The number of rotatable bonds is 9. The summed E-state index contributed by atoms with van der Waals surface area (Å²) in [6, 6.07) is 16.1. The molecule has 2 unspecified atom stereocenters. The Labute approximate surface area is 300 Å². The fraction of sp³-hybridized carbons (Fsp3) is 0.436. The normalized spacial score (nSPS) is 24.3. The van der Waals surface area contributed by atoms with Crippen LogP contribution in [-0.4, -0.2) is 84.2 Å². The number of alkyl carbamates (subject to hydrolysis) is 1. The lowest BCUT2D eigenvalue weighted by Crippen LogP contribution is -2.55. The average molecular weight is 712 g/mol. The number of methoxy groups -OCH3 is 1. The van der Waals surface area contributed by atoms with Gasteiger partial charge in [-0.25, -0.2) is 9.78 Å². The lowest BCUT2D eigenvalue weighted by molar-refractivity contribution is -0.136. The summed E-state index contributed by atoms with van der Waals surface area (Å²) in [6.07, 6.45) is 6.04. The van der Waals surface area contributed by atoms with Crippen molar-refractivity contribution >= 4 is 45.7 Å². The van der Waals surface area contributed by atoms with Crippen LogP contribution in [0.2, 0.25) is 0 Å². The lowest BCUT2D eigenvalue weighted by Gasteiger charge is -2.31. The van der Waals surface area contributed by atoms with Gasteiger partial charge in [-0.3, -0.25) is 9.79 Å². The zero-order valence-corrected chi connectivity index (χ0v) is 29.4. The third kappa shape index (κ3) is 6.40. The maximum Gasteiger partial charge on any atom is 0.407 e.